The summed E-state index contributed by atoms with van der Waals surface area (Å²) in [6.45, 7) is 2.68. The molecule has 2 aromatic carbocycles. The Bertz CT molecular complexity index is 750. The number of ether oxygens (including phenoxy) is 1. The molecule has 1 aliphatic heterocycles. The van der Waals surface area contributed by atoms with E-state index in [9.17, 15) is 4.79 Å². The summed E-state index contributed by atoms with van der Waals surface area (Å²) < 4.78 is 5.58. The van der Waals surface area contributed by atoms with Gasteiger partial charge in [0.2, 0.25) is 5.91 Å². The fourth-order valence-electron chi connectivity index (χ4n) is 3.70. The number of benzene rings is 2. The molecular formula is C22H31Cl2N3O2. The minimum atomic E-state index is 0. The van der Waals surface area contributed by atoms with Crippen molar-refractivity contribution in [3.8, 4) is 5.75 Å². The van der Waals surface area contributed by atoms with E-state index in [2.05, 4.69) is 16.3 Å². The second-order valence-corrected chi connectivity index (χ2v) is 7.08. The lowest BCUT2D eigenvalue weighted by molar-refractivity contribution is -0.120. The average molecular weight is 440 g/mol. The van der Waals surface area contributed by atoms with Gasteiger partial charge in [-0.15, -0.1) is 24.8 Å². The van der Waals surface area contributed by atoms with Gasteiger partial charge in [0.1, 0.15) is 5.75 Å². The molecule has 7 heteroatoms. The summed E-state index contributed by atoms with van der Waals surface area (Å²) in [5.74, 6) is 0.900. The van der Waals surface area contributed by atoms with Crippen molar-refractivity contribution < 1.29 is 9.53 Å². The zero-order chi connectivity index (χ0) is 19.1. The Hall–Kier alpha value is -1.95. The number of hydrogen-bond acceptors (Lipinski definition) is 4. The van der Waals surface area contributed by atoms with Gasteiger partial charge in [0.15, 0.2) is 0 Å². The average Bonchev–Trinajstić information content (AvgIpc) is 2.71. The second kappa shape index (κ2) is 12.6. The van der Waals surface area contributed by atoms with Crippen LogP contribution in [0.4, 0.5) is 5.69 Å². The second-order valence-electron chi connectivity index (χ2n) is 7.08. The molecule has 160 valence electrons. The zero-order valence-corrected chi connectivity index (χ0v) is 18.4. The number of carbonyl (C=O) groups excluding carboxylic acids is 1. The first-order valence-electron chi connectivity index (χ1n) is 9.65. The van der Waals surface area contributed by atoms with Gasteiger partial charge in [-0.2, -0.15) is 0 Å². The van der Waals surface area contributed by atoms with Crippen molar-refractivity contribution in [2.45, 2.75) is 31.7 Å². The molecule has 0 aliphatic carbocycles. The third-order valence-corrected chi connectivity index (χ3v) is 5.17. The summed E-state index contributed by atoms with van der Waals surface area (Å²) in [7, 11) is 1.70. The van der Waals surface area contributed by atoms with Crippen molar-refractivity contribution in [3.05, 3.63) is 59.7 Å². The Morgan fingerprint density at radius 2 is 1.72 bits per heavy atom. The molecule has 3 rings (SSSR count). The van der Waals surface area contributed by atoms with Crippen LogP contribution in [0.1, 0.15) is 36.4 Å². The topological polar surface area (TPSA) is 67.6 Å². The number of carbonyl (C=O) groups is 1. The van der Waals surface area contributed by atoms with Gasteiger partial charge >= 0.3 is 0 Å². The first-order valence-corrected chi connectivity index (χ1v) is 9.65. The lowest BCUT2D eigenvalue weighted by Gasteiger charge is -2.35. The molecule has 0 bridgehead atoms. The summed E-state index contributed by atoms with van der Waals surface area (Å²) in [6, 6.07) is 15.7. The molecule has 0 saturated carbocycles. The summed E-state index contributed by atoms with van der Waals surface area (Å²) in [5.41, 5.74) is 8.52. The molecule has 3 N–H and O–H groups in total. The monoisotopic (exact) mass is 439 g/mol. The summed E-state index contributed by atoms with van der Waals surface area (Å²) >= 11 is 0. The molecule has 1 unspecified atom stereocenters. The molecule has 2 aromatic rings. The molecule has 0 spiro atoms. The summed E-state index contributed by atoms with van der Waals surface area (Å²) in [5, 5.41) is 3.13. The van der Waals surface area contributed by atoms with Gasteiger partial charge in [0.25, 0.3) is 0 Å². The number of nitrogens with zero attached hydrogens (tertiary/aromatic N) is 1. The van der Waals surface area contributed by atoms with Crippen LogP contribution in [0.3, 0.4) is 0 Å². The van der Waals surface area contributed by atoms with Crippen LogP contribution in [0.25, 0.3) is 0 Å². The Kier molecular flexibility index (Phi) is 10.9. The number of nitrogens with two attached hydrogens (primary N) is 1. The van der Waals surface area contributed by atoms with Gasteiger partial charge < -0.3 is 15.8 Å². The highest BCUT2D eigenvalue weighted by Crippen LogP contribution is 2.30. The van der Waals surface area contributed by atoms with Gasteiger partial charge in [0.05, 0.1) is 19.6 Å². The third-order valence-electron chi connectivity index (χ3n) is 5.17. The maximum absolute atomic E-state index is 12.5. The highest BCUT2D eigenvalue weighted by molar-refractivity contribution is 5.85. The number of methoxy groups -OCH3 is 1. The van der Waals surface area contributed by atoms with Crippen molar-refractivity contribution in [3.63, 3.8) is 0 Å². The molecule has 0 radical (unpaired) electrons. The van der Waals surface area contributed by atoms with Crippen LogP contribution in [0.2, 0.25) is 0 Å². The van der Waals surface area contributed by atoms with Gasteiger partial charge in [-0.3, -0.25) is 9.69 Å². The van der Waals surface area contributed by atoms with E-state index in [0.717, 1.165) is 30.0 Å². The minimum absolute atomic E-state index is 0. The normalized spacial score (nSPS) is 14.8. The van der Waals surface area contributed by atoms with Crippen LogP contribution in [0.5, 0.6) is 5.75 Å². The van der Waals surface area contributed by atoms with E-state index in [1.807, 2.05) is 42.5 Å². The third kappa shape index (κ3) is 7.11. The van der Waals surface area contributed by atoms with Crippen molar-refractivity contribution in [2.75, 3.05) is 32.5 Å². The predicted molar refractivity (Wildman–Crippen MR) is 123 cm³/mol. The van der Waals surface area contributed by atoms with E-state index in [0.29, 0.717) is 18.7 Å². The highest BCUT2D eigenvalue weighted by Gasteiger charge is 2.25. The molecular weight excluding hydrogens is 409 g/mol. The van der Waals surface area contributed by atoms with E-state index in [-0.39, 0.29) is 36.8 Å². The van der Waals surface area contributed by atoms with E-state index in [1.165, 1.54) is 19.3 Å². The Morgan fingerprint density at radius 1 is 1.07 bits per heavy atom. The van der Waals surface area contributed by atoms with E-state index < -0.39 is 0 Å². The number of para-hydroxylation sites is 1. The van der Waals surface area contributed by atoms with Crippen molar-refractivity contribution in [2.24, 2.45) is 0 Å². The number of piperidine rings is 1. The lowest BCUT2D eigenvalue weighted by atomic mass is 10.0. The lowest BCUT2D eigenvalue weighted by Crippen LogP contribution is -2.41. The number of anilines is 1. The van der Waals surface area contributed by atoms with Crippen LogP contribution in [0.15, 0.2) is 48.5 Å². The van der Waals surface area contributed by atoms with Crippen molar-refractivity contribution in [1.29, 1.82) is 0 Å². The minimum Gasteiger partial charge on any atom is -0.496 e. The maximum atomic E-state index is 12.5. The van der Waals surface area contributed by atoms with E-state index in [4.69, 9.17) is 10.5 Å². The first kappa shape index (κ1) is 25.1. The molecule has 1 saturated heterocycles. The number of halogens is 2. The SMILES string of the molecule is COc1ccccc1C(CNC(=O)Cc1ccc(N)cc1)N1CCCCC1.Cl.Cl. The van der Waals surface area contributed by atoms with Gasteiger partial charge in [0, 0.05) is 17.8 Å². The van der Waals surface area contributed by atoms with Crippen LogP contribution in [-0.2, 0) is 11.2 Å². The number of likely N-dealkylation sites (tertiary alicyclic amines) is 1. The number of amides is 1. The number of nitrogens with one attached hydrogen (secondary N) is 1. The standard InChI is InChI=1S/C22H29N3O2.2ClH/c1-27-21-8-4-3-7-19(21)20(25-13-5-2-6-14-25)16-24-22(26)15-17-9-11-18(23)12-10-17;;/h3-4,7-12,20H,2,5-6,13-16,23H2,1H3,(H,24,26);2*1H. The van der Waals surface area contributed by atoms with Crippen LogP contribution < -0.4 is 15.8 Å². The number of hydrogen-bond donors (Lipinski definition) is 2. The summed E-state index contributed by atoms with van der Waals surface area (Å²) in [4.78, 5) is 14.9. The van der Waals surface area contributed by atoms with Crippen LogP contribution in [0, 0.1) is 0 Å². The van der Waals surface area contributed by atoms with E-state index >= 15 is 0 Å². The fraction of sp³-hybridized carbons (Fsp3) is 0.409. The number of nitrogen functional groups attached to an aromatic ring is 1. The van der Waals surface area contributed by atoms with Crippen molar-refractivity contribution >= 4 is 36.4 Å². The van der Waals surface area contributed by atoms with Crippen LogP contribution in [-0.4, -0.2) is 37.6 Å². The maximum Gasteiger partial charge on any atom is 0.224 e. The molecule has 29 heavy (non-hydrogen) atoms. The smallest absolute Gasteiger partial charge is 0.224 e. The van der Waals surface area contributed by atoms with Gasteiger partial charge in [-0.05, 0) is 49.7 Å². The Balaban J connectivity index is 0.00000210. The van der Waals surface area contributed by atoms with Crippen LogP contribution >= 0.6 is 24.8 Å². The number of rotatable bonds is 7. The predicted octanol–water partition coefficient (Wildman–Crippen LogP) is 4.01. The highest BCUT2D eigenvalue weighted by atomic mass is 35.5. The molecule has 1 aliphatic rings. The Labute approximate surface area is 185 Å². The molecule has 1 atom stereocenters. The first-order chi connectivity index (χ1) is 13.2. The largest absolute Gasteiger partial charge is 0.496 e. The molecule has 1 amide bonds. The van der Waals surface area contributed by atoms with Gasteiger partial charge in [-0.1, -0.05) is 36.8 Å². The molecule has 1 fully saturated rings. The van der Waals surface area contributed by atoms with Gasteiger partial charge in [-0.25, -0.2) is 0 Å². The zero-order valence-electron chi connectivity index (χ0n) is 16.8. The molecule has 1 heterocycles. The fourth-order valence-corrected chi connectivity index (χ4v) is 3.70. The summed E-state index contributed by atoms with van der Waals surface area (Å²) in [6.07, 6.45) is 4.04. The Morgan fingerprint density at radius 3 is 2.38 bits per heavy atom. The molecule has 0 aromatic heterocycles. The van der Waals surface area contributed by atoms with E-state index in [1.54, 1.807) is 7.11 Å². The molecule has 5 nitrogen and oxygen atoms in total. The van der Waals surface area contributed by atoms with Crippen molar-refractivity contribution in [1.82, 2.24) is 10.2 Å². The quantitative estimate of drug-likeness (QED) is 0.639.